The lowest BCUT2D eigenvalue weighted by atomic mass is 9.98. The molecule has 0 aromatic heterocycles. The summed E-state index contributed by atoms with van der Waals surface area (Å²) in [5, 5.41) is 0.636. The van der Waals surface area contributed by atoms with Crippen molar-refractivity contribution in [2.75, 3.05) is 7.11 Å². The monoisotopic (exact) mass is 255 g/mol. The second-order valence-corrected chi connectivity index (χ2v) is 4.63. The molecule has 94 valence electrons. The van der Waals surface area contributed by atoms with Gasteiger partial charge in [0.1, 0.15) is 11.5 Å². The summed E-state index contributed by atoms with van der Waals surface area (Å²) in [5.74, 6) is 0.892. The molecule has 1 atom stereocenters. The Bertz CT molecular complexity index is 418. The fourth-order valence-corrected chi connectivity index (χ4v) is 2.11. The van der Waals surface area contributed by atoms with Crippen LogP contribution in [0.2, 0.25) is 5.02 Å². The average molecular weight is 256 g/mol. The van der Waals surface area contributed by atoms with Crippen LogP contribution in [0.1, 0.15) is 36.9 Å². The predicted octanol–water partition coefficient (Wildman–Crippen LogP) is 3.03. The number of hydrogen-bond donors (Lipinski definition) is 1. The molecule has 3 nitrogen and oxygen atoms in total. The molecule has 4 heteroatoms. The van der Waals surface area contributed by atoms with Crippen LogP contribution in [0, 0.1) is 6.92 Å². The van der Waals surface area contributed by atoms with Crippen LogP contribution in [0.5, 0.6) is 5.75 Å². The van der Waals surface area contributed by atoms with Gasteiger partial charge in [-0.05, 0) is 38.0 Å². The molecule has 0 radical (unpaired) electrons. The van der Waals surface area contributed by atoms with Gasteiger partial charge in [-0.15, -0.1) is 0 Å². The van der Waals surface area contributed by atoms with Gasteiger partial charge >= 0.3 is 0 Å². The summed E-state index contributed by atoms with van der Waals surface area (Å²) in [4.78, 5) is 11.0. The maximum atomic E-state index is 11.0. The summed E-state index contributed by atoms with van der Waals surface area (Å²) in [6, 6.07) is 3.41. The van der Waals surface area contributed by atoms with E-state index in [1.807, 2.05) is 13.0 Å². The van der Waals surface area contributed by atoms with Crippen LogP contribution in [-0.2, 0) is 4.79 Å². The molecule has 0 aliphatic heterocycles. The minimum absolute atomic E-state index is 0.137. The van der Waals surface area contributed by atoms with Crippen molar-refractivity contribution in [1.82, 2.24) is 0 Å². The third-order valence-electron chi connectivity index (χ3n) is 2.68. The van der Waals surface area contributed by atoms with Gasteiger partial charge in [0.2, 0.25) is 0 Å². The number of ketones is 1. The van der Waals surface area contributed by atoms with E-state index >= 15 is 0 Å². The second kappa shape index (κ2) is 6.03. The number of Topliss-reactive ketones (excluding diaryl/α,β-unsaturated/α-hetero) is 1. The third kappa shape index (κ3) is 3.72. The van der Waals surface area contributed by atoms with E-state index in [1.165, 1.54) is 0 Å². The number of hydrogen-bond acceptors (Lipinski definition) is 3. The van der Waals surface area contributed by atoms with Crippen LogP contribution >= 0.6 is 11.6 Å². The first-order chi connectivity index (χ1) is 7.95. The van der Waals surface area contributed by atoms with Crippen molar-refractivity contribution < 1.29 is 9.53 Å². The van der Waals surface area contributed by atoms with E-state index in [1.54, 1.807) is 20.1 Å². The fraction of sp³-hybridized carbons (Fsp3) is 0.462. The van der Waals surface area contributed by atoms with Gasteiger partial charge < -0.3 is 15.3 Å². The number of rotatable bonds is 5. The Morgan fingerprint density at radius 3 is 2.71 bits per heavy atom. The molecule has 0 spiro atoms. The maximum Gasteiger partial charge on any atom is 0.129 e. The normalized spacial score (nSPS) is 12.3. The smallest absolute Gasteiger partial charge is 0.129 e. The van der Waals surface area contributed by atoms with Crippen molar-refractivity contribution in [2.45, 2.75) is 32.7 Å². The third-order valence-corrected chi connectivity index (χ3v) is 2.90. The molecular formula is C13H18ClNO2. The van der Waals surface area contributed by atoms with Crippen LogP contribution in [0.25, 0.3) is 0 Å². The number of nitrogens with two attached hydrogens (primary N) is 1. The lowest BCUT2D eigenvalue weighted by Gasteiger charge is -2.17. The summed E-state index contributed by atoms with van der Waals surface area (Å²) in [6.45, 7) is 3.49. The first kappa shape index (κ1) is 14.0. The molecule has 1 rings (SSSR count). The highest BCUT2D eigenvalue weighted by Gasteiger charge is 2.15. The average Bonchev–Trinajstić information content (AvgIpc) is 2.24. The van der Waals surface area contributed by atoms with Crippen LogP contribution in [0.4, 0.5) is 0 Å². The van der Waals surface area contributed by atoms with E-state index in [9.17, 15) is 4.79 Å². The van der Waals surface area contributed by atoms with E-state index < -0.39 is 0 Å². The SMILES string of the molecule is COc1c(C)cc(Cl)cc1C(N)CCC(C)=O. The molecule has 0 fully saturated rings. The Hall–Kier alpha value is -1.06. The van der Waals surface area contributed by atoms with Crippen LogP contribution in [-0.4, -0.2) is 12.9 Å². The lowest BCUT2D eigenvalue weighted by molar-refractivity contribution is -0.117. The number of halogens is 1. The summed E-state index contributed by atoms with van der Waals surface area (Å²) < 4.78 is 5.34. The number of aryl methyl sites for hydroxylation is 1. The van der Waals surface area contributed by atoms with Crippen molar-refractivity contribution in [3.8, 4) is 5.75 Å². The first-order valence-corrected chi connectivity index (χ1v) is 5.92. The Labute approximate surface area is 107 Å². The maximum absolute atomic E-state index is 11.0. The fourth-order valence-electron chi connectivity index (χ4n) is 1.82. The zero-order valence-electron chi connectivity index (χ0n) is 10.4. The van der Waals surface area contributed by atoms with Crippen LogP contribution in [0.15, 0.2) is 12.1 Å². The lowest BCUT2D eigenvalue weighted by Crippen LogP contribution is -2.13. The molecule has 0 amide bonds. The van der Waals surface area contributed by atoms with Crippen molar-refractivity contribution in [3.05, 3.63) is 28.3 Å². The van der Waals surface area contributed by atoms with E-state index in [0.717, 1.165) is 16.9 Å². The molecule has 1 aromatic rings. The molecule has 17 heavy (non-hydrogen) atoms. The molecule has 0 heterocycles. The first-order valence-electron chi connectivity index (χ1n) is 5.54. The number of carbonyl (C=O) groups excluding carboxylic acids is 1. The Morgan fingerprint density at radius 1 is 1.53 bits per heavy atom. The number of ether oxygens (including phenoxy) is 1. The van der Waals surface area contributed by atoms with Crippen LogP contribution < -0.4 is 10.5 Å². The molecule has 0 saturated heterocycles. The minimum Gasteiger partial charge on any atom is -0.496 e. The zero-order valence-corrected chi connectivity index (χ0v) is 11.2. The summed E-state index contributed by atoms with van der Waals surface area (Å²) in [5.41, 5.74) is 7.88. The number of carbonyl (C=O) groups is 1. The van der Waals surface area contributed by atoms with Gasteiger partial charge in [0.15, 0.2) is 0 Å². The summed E-state index contributed by atoms with van der Waals surface area (Å²) >= 11 is 6.01. The van der Waals surface area contributed by atoms with E-state index in [-0.39, 0.29) is 11.8 Å². The number of methoxy groups -OCH3 is 1. The second-order valence-electron chi connectivity index (χ2n) is 4.19. The van der Waals surface area contributed by atoms with Gasteiger partial charge in [-0.1, -0.05) is 11.6 Å². The Balaban J connectivity index is 2.98. The molecule has 1 unspecified atom stereocenters. The molecule has 2 N–H and O–H groups in total. The Kier molecular flexibility index (Phi) is 4.97. The summed E-state index contributed by atoms with van der Waals surface area (Å²) in [6.07, 6.45) is 1.07. The largest absolute Gasteiger partial charge is 0.496 e. The molecular weight excluding hydrogens is 238 g/mol. The van der Waals surface area contributed by atoms with Crippen LogP contribution in [0.3, 0.4) is 0 Å². The summed E-state index contributed by atoms with van der Waals surface area (Å²) in [7, 11) is 1.61. The van der Waals surface area contributed by atoms with E-state index in [2.05, 4.69) is 0 Å². The van der Waals surface area contributed by atoms with Gasteiger partial charge in [0.25, 0.3) is 0 Å². The molecule has 0 bridgehead atoms. The molecule has 0 aliphatic carbocycles. The zero-order chi connectivity index (χ0) is 13.0. The quantitative estimate of drug-likeness (QED) is 0.880. The van der Waals surface area contributed by atoms with Gasteiger partial charge in [0.05, 0.1) is 7.11 Å². The van der Waals surface area contributed by atoms with Gasteiger partial charge in [-0.3, -0.25) is 0 Å². The minimum atomic E-state index is -0.230. The highest BCUT2D eigenvalue weighted by molar-refractivity contribution is 6.30. The van der Waals surface area contributed by atoms with Gasteiger partial charge in [-0.2, -0.15) is 0 Å². The van der Waals surface area contributed by atoms with E-state index in [0.29, 0.717) is 17.9 Å². The van der Waals surface area contributed by atoms with Crippen molar-refractivity contribution in [2.24, 2.45) is 5.73 Å². The van der Waals surface area contributed by atoms with Gasteiger partial charge in [-0.25, -0.2) is 0 Å². The molecule has 0 saturated carbocycles. The van der Waals surface area contributed by atoms with Crippen molar-refractivity contribution in [3.63, 3.8) is 0 Å². The van der Waals surface area contributed by atoms with Crippen molar-refractivity contribution >= 4 is 17.4 Å². The predicted molar refractivity (Wildman–Crippen MR) is 69.6 cm³/mol. The van der Waals surface area contributed by atoms with E-state index in [4.69, 9.17) is 22.1 Å². The topological polar surface area (TPSA) is 52.3 Å². The standard InChI is InChI=1S/C13H18ClNO2/c1-8-6-10(14)7-11(13(8)17-3)12(15)5-4-9(2)16/h6-7,12H,4-5,15H2,1-3H3. The number of benzene rings is 1. The Morgan fingerprint density at radius 2 is 2.18 bits per heavy atom. The highest BCUT2D eigenvalue weighted by Crippen LogP contribution is 2.32. The molecule has 1 aromatic carbocycles. The molecule has 0 aliphatic rings. The highest BCUT2D eigenvalue weighted by atomic mass is 35.5. The van der Waals surface area contributed by atoms with Crippen molar-refractivity contribution in [1.29, 1.82) is 0 Å². The van der Waals surface area contributed by atoms with Gasteiger partial charge in [0, 0.05) is 23.0 Å².